The molecule has 0 spiro atoms. The van der Waals surface area contributed by atoms with Crippen LogP contribution in [0.15, 0.2) is 12.2 Å². The maximum atomic E-state index is 2.38. The maximum Gasteiger partial charge on any atom is -0.0259 e. The molecule has 0 aromatic rings. The lowest BCUT2D eigenvalue weighted by molar-refractivity contribution is 0.694. The van der Waals surface area contributed by atoms with E-state index in [1.54, 1.807) is 0 Å². The van der Waals surface area contributed by atoms with Gasteiger partial charge in [-0.25, -0.2) is 0 Å². The standard InChI is InChI=1S/C14H29P/c1-4-6-8-9-12-15-13-11-14(3)10-7-5-2/h7,10,14-15H,4-6,8-9,11-13H2,1-3H3. The Morgan fingerprint density at radius 3 is 2.53 bits per heavy atom. The third-order valence-corrected chi connectivity index (χ3v) is 4.03. The Bertz CT molecular complexity index is 140. The molecule has 0 heterocycles. The van der Waals surface area contributed by atoms with Crippen LogP contribution < -0.4 is 0 Å². The van der Waals surface area contributed by atoms with Gasteiger partial charge in [0.1, 0.15) is 0 Å². The lowest BCUT2D eigenvalue weighted by atomic mass is 10.1. The molecule has 0 radical (unpaired) electrons. The van der Waals surface area contributed by atoms with Crippen molar-refractivity contribution in [3.05, 3.63) is 12.2 Å². The first-order valence-corrected chi connectivity index (χ1v) is 8.10. The van der Waals surface area contributed by atoms with E-state index < -0.39 is 0 Å². The summed E-state index contributed by atoms with van der Waals surface area (Å²) in [5, 5.41) is 0. The second kappa shape index (κ2) is 12.2. The van der Waals surface area contributed by atoms with E-state index in [1.165, 1.54) is 59.4 Å². The van der Waals surface area contributed by atoms with Crippen molar-refractivity contribution in [1.29, 1.82) is 0 Å². The summed E-state index contributed by atoms with van der Waals surface area (Å²) in [6, 6.07) is 0. The Morgan fingerprint density at radius 1 is 1.07 bits per heavy atom. The van der Waals surface area contributed by atoms with E-state index in [0.717, 1.165) is 5.92 Å². The molecule has 2 atom stereocenters. The van der Waals surface area contributed by atoms with Gasteiger partial charge < -0.3 is 0 Å². The molecule has 90 valence electrons. The van der Waals surface area contributed by atoms with E-state index in [2.05, 4.69) is 32.9 Å². The van der Waals surface area contributed by atoms with Gasteiger partial charge in [-0.2, -0.15) is 0 Å². The minimum Gasteiger partial charge on any atom is -0.122 e. The van der Waals surface area contributed by atoms with Crippen molar-refractivity contribution in [3.63, 3.8) is 0 Å². The molecule has 0 amide bonds. The Hall–Kier alpha value is 0.170. The van der Waals surface area contributed by atoms with Crippen molar-refractivity contribution in [1.82, 2.24) is 0 Å². The molecule has 0 saturated heterocycles. The van der Waals surface area contributed by atoms with E-state index in [0.29, 0.717) is 0 Å². The predicted octanol–water partition coefficient (Wildman–Crippen LogP) is 5.24. The quantitative estimate of drug-likeness (QED) is 0.272. The van der Waals surface area contributed by atoms with Crippen molar-refractivity contribution in [2.45, 2.75) is 59.3 Å². The number of hydrogen-bond donors (Lipinski definition) is 0. The monoisotopic (exact) mass is 228 g/mol. The van der Waals surface area contributed by atoms with Gasteiger partial charge >= 0.3 is 0 Å². The molecule has 1 heteroatoms. The van der Waals surface area contributed by atoms with Crippen LogP contribution in [0, 0.1) is 5.92 Å². The topological polar surface area (TPSA) is 0 Å². The largest absolute Gasteiger partial charge is 0.122 e. The predicted molar refractivity (Wildman–Crippen MR) is 75.4 cm³/mol. The minimum atomic E-state index is 0.799. The van der Waals surface area contributed by atoms with Crippen molar-refractivity contribution < 1.29 is 0 Å². The summed E-state index contributed by atoms with van der Waals surface area (Å²) in [5.74, 6) is 0.799. The molecule has 0 aliphatic rings. The first-order valence-electron chi connectivity index (χ1n) is 6.68. The van der Waals surface area contributed by atoms with Crippen LogP contribution >= 0.6 is 8.58 Å². The van der Waals surface area contributed by atoms with Gasteiger partial charge in [0.25, 0.3) is 0 Å². The second-order valence-corrected chi connectivity index (χ2v) is 5.91. The van der Waals surface area contributed by atoms with Crippen LogP contribution in [0.3, 0.4) is 0 Å². The maximum absolute atomic E-state index is 2.38. The molecule has 0 nitrogen and oxygen atoms in total. The summed E-state index contributed by atoms with van der Waals surface area (Å²) in [4.78, 5) is 0. The van der Waals surface area contributed by atoms with Gasteiger partial charge in [-0.1, -0.05) is 52.2 Å². The van der Waals surface area contributed by atoms with Gasteiger partial charge in [0.15, 0.2) is 0 Å². The molecule has 0 aromatic heterocycles. The second-order valence-electron chi connectivity index (χ2n) is 4.41. The zero-order valence-electron chi connectivity index (χ0n) is 10.9. The smallest absolute Gasteiger partial charge is 0.0259 e. The molecule has 0 N–H and O–H groups in total. The number of hydrogen-bond acceptors (Lipinski definition) is 0. The van der Waals surface area contributed by atoms with Crippen LogP contribution in [-0.4, -0.2) is 12.3 Å². The van der Waals surface area contributed by atoms with E-state index in [4.69, 9.17) is 0 Å². The Kier molecular flexibility index (Phi) is 12.4. The summed E-state index contributed by atoms with van der Waals surface area (Å²) in [6.45, 7) is 6.83. The first-order chi connectivity index (χ1) is 7.31. The number of allylic oxidation sites excluding steroid dienone is 2. The van der Waals surface area contributed by atoms with Gasteiger partial charge in [0.05, 0.1) is 0 Å². The molecule has 0 aliphatic heterocycles. The SMILES string of the molecule is CCC=CC(C)CCPCCCCCC. The average Bonchev–Trinajstić information content (AvgIpc) is 2.25. The van der Waals surface area contributed by atoms with Gasteiger partial charge in [0.2, 0.25) is 0 Å². The Labute approximate surface area is 98.7 Å². The lowest BCUT2D eigenvalue weighted by Gasteiger charge is -2.06. The highest BCUT2D eigenvalue weighted by molar-refractivity contribution is 7.37. The zero-order valence-corrected chi connectivity index (χ0v) is 11.9. The minimum absolute atomic E-state index is 0.799. The summed E-state index contributed by atoms with van der Waals surface area (Å²) < 4.78 is 0. The van der Waals surface area contributed by atoms with Crippen LogP contribution in [0.5, 0.6) is 0 Å². The number of rotatable bonds is 10. The summed E-state index contributed by atoms with van der Waals surface area (Å²) in [5.41, 5.74) is 0. The van der Waals surface area contributed by atoms with Crippen LogP contribution in [0.4, 0.5) is 0 Å². The van der Waals surface area contributed by atoms with Gasteiger partial charge in [-0.05, 0) is 37.5 Å². The molecule has 15 heavy (non-hydrogen) atoms. The Balaban J connectivity index is 3.12. The molecule has 0 rings (SSSR count). The average molecular weight is 228 g/mol. The summed E-state index contributed by atoms with van der Waals surface area (Å²) in [6.07, 6.45) is 15.9. The normalized spacial score (nSPS) is 14.3. The zero-order chi connectivity index (χ0) is 11.4. The third kappa shape index (κ3) is 12.1. The van der Waals surface area contributed by atoms with Crippen LogP contribution in [0.1, 0.15) is 59.3 Å². The van der Waals surface area contributed by atoms with Crippen molar-refractivity contribution in [3.8, 4) is 0 Å². The molecule has 0 aromatic carbocycles. The molecule has 0 fully saturated rings. The van der Waals surface area contributed by atoms with Crippen molar-refractivity contribution in [2.75, 3.05) is 12.3 Å². The molecule has 0 saturated carbocycles. The van der Waals surface area contributed by atoms with Gasteiger partial charge in [-0.15, -0.1) is 8.58 Å². The van der Waals surface area contributed by atoms with Crippen LogP contribution in [-0.2, 0) is 0 Å². The molecular weight excluding hydrogens is 199 g/mol. The fourth-order valence-electron chi connectivity index (χ4n) is 1.60. The third-order valence-electron chi connectivity index (χ3n) is 2.68. The van der Waals surface area contributed by atoms with E-state index in [-0.39, 0.29) is 0 Å². The molecule has 2 unspecified atom stereocenters. The fraction of sp³-hybridized carbons (Fsp3) is 0.857. The number of unbranched alkanes of at least 4 members (excludes halogenated alkanes) is 3. The van der Waals surface area contributed by atoms with Crippen LogP contribution in [0.2, 0.25) is 0 Å². The molecular formula is C14H29P. The van der Waals surface area contributed by atoms with E-state index >= 15 is 0 Å². The highest BCUT2D eigenvalue weighted by Gasteiger charge is 1.96. The van der Waals surface area contributed by atoms with E-state index in [1.807, 2.05) is 0 Å². The fourth-order valence-corrected chi connectivity index (χ4v) is 3.01. The lowest BCUT2D eigenvalue weighted by Crippen LogP contribution is -1.91. The van der Waals surface area contributed by atoms with Crippen LogP contribution in [0.25, 0.3) is 0 Å². The van der Waals surface area contributed by atoms with Gasteiger partial charge in [0, 0.05) is 0 Å². The van der Waals surface area contributed by atoms with E-state index in [9.17, 15) is 0 Å². The highest BCUT2D eigenvalue weighted by Crippen LogP contribution is 2.18. The Morgan fingerprint density at radius 2 is 1.87 bits per heavy atom. The van der Waals surface area contributed by atoms with Crippen molar-refractivity contribution in [2.24, 2.45) is 5.92 Å². The summed E-state index contributed by atoms with van der Waals surface area (Å²) in [7, 11) is 1.21. The molecule has 0 aliphatic carbocycles. The first kappa shape index (κ1) is 15.2. The highest BCUT2D eigenvalue weighted by atomic mass is 31.1. The van der Waals surface area contributed by atoms with Gasteiger partial charge in [-0.3, -0.25) is 0 Å². The summed E-state index contributed by atoms with van der Waals surface area (Å²) >= 11 is 0. The van der Waals surface area contributed by atoms with Crippen molar-refractivity contribution >= 4 is 8.58 Å². The molecule has 0 bridgehead atoms.